The van der Waals surface area contributed by atoms with E-state index < -0.39 is 0 Å². The Hall–Kier alpha value is -4.20. The molecule has 0 saturated heterocycles. The maximum atomic E-state index is 9.80. The normalized spacial score (nSPS) is 12.4. The lowest BCUT2D eigenvalue weighted by molar-refractivity contribution is 1.21. The van der Waals surface area contributed by atoms with Gasteiger partial charge in [0.1, 0.15) is 0 Å². The highest BCUT2D eigenvalue weighted by atomic mass is 32.1. The van der Waals surface area contributed by atoms with Crippen molar-refractivity contribution in [2.45, 2.75) is 6.92 Å². The van der Waals surface area contributed by atoms with Crippen molar-refractivity contribution >= 4 is 64.6 Å². The average molecular weight is 442 g/mol. The summed E-state index contributed by atoms with van der Waals surface area (Å²) in [5.41, 5.74) is 5.47. The number of hydrogen-bond donors (Lipinski definition) is 0. The van der Waals surface area contributed by atoms with Crippen LogP contribution in [0.5, 0.6) is 0 Å². The molecule has 0 amide bonds. The maximum absolute atomic E-state index is 9.80. The summed E-state index contributed by atoms with van der Waals surface area (Å²) >= 11 is 1.82. The molecule has 3 aromatic carbocycles. The Bertz CT molecular complexity index is 1790. The molecule has 0 fully saturated rings. The van der Waals surface area contributed by atoms with Gasteiger partial charge in [0.15, 0.2) is 0 Å². The fraction of sp³-hybridized carbons (Fsp3) is 0.0345. The van der Waals surface area contributed by atoms with Crippen molar-refractivity contribution in [3.63, 3.8) is 0 Å². The zero-order valence-corrected chi connectivity index (χ0v) is 18.9. The zero-order chi connectivity index (χ0) is 22.5. The summed E-state index contributed by atoms with van der Waals surface area (Å²) in [6.07, 6.45) is 3.51. The molecule has 4 heteroatoms. The van der Waals surface area contributed by atoms with Gasteiger partial charge in [-0.1, -0.05) is 55.1 Å². The van der Waals surface area contributed by atoms with Crippen LogP contribution in [0.25, 0.3) is 53.2 Å². The van der Waals surface area contributed by atoms with Crippen LogP contribution in [0.3, 0.4) is 0 Å². The van der Waals surface area contributed by atoms with Gasteiger partial charge in [-0.25, -0.2) is 0 Å². The summed E-state index contributed by atoms with van der Waals surface area (Å²) in [4.78, 5) is 4.16. The number of hydrogen-bond acceptors (Lipinski definition) is 3. The molecule has 3 aromatic heterocycles. The van der Waals surface area contributed by atoms with Crippen LogP contribution in [0, 0.1) is 11.3 Å². The summed E-state index contributed by atoms with van der Waals surface area (Å²) in [6.45, 7) is 6.17. The van der Waals surface area contributed by atoms with E-state index in [9.17, 15) is 5.26 Å². The smallest absolute Gasteiger partial charge is 0.0992 e. The second-order valence-electron chi connectivity index (χ2n) is 8.08. The molecule has 0 atom stereocenters. The van der Waals surface area contributed by atoms with Crippen LogP contribution in [0.4, 0.5) is 0 Å². The lowest BCUT2D eigenvalue weighted by atomic mass is 9.98. The van der Waals surface area contributed by atoms with E-state index in [-0.39, 0.29) is 0 Å². The second-order valence-corrected chi connectivity index (χ2v) is 9.13. The first-order chi connectivity index (χ1) is 16.2. The van der Waals surface area contributed by atoms with Crippen molar-refractivity contribution < 1.29 is 0 Å². The number of nitriles is 1. The van der Waals surface area contributed by atoms with E-state index in [2.05, 4.69) is 89.8 Å². The number of allylic oxidation sites excluding steroid dienone is 3. The van der Waals surface area contributed by atoms with E-state index in [0.717, 1.165) is 22.4 Å². The van der Waals surface area contributed by atoms with Gasteiger partial charge < -0.3 is 4.57 Å². The molecule has 0 aliphatic carbocycles. The van der Waals surface area contributed by atoms with Gasteiger partial charge in [0, 0.05) is 49.9 Å². The van der Waals surface area contributed by atoms with Crippen molar-refractivity contribution in [2.75, 3.05) is 0 Å². The van der Waals surface area contributed by atoms with Crippen LogP contribution in [-0.2, 0) is 0 Å². The highest BCUT2D eigenvalue weighted by Gasteiger charge is 2.20. The maximum Gasteiger partial charge on any atom is 0.0992 e. The molecular formula is C29H19N3S. The minimum atomic E-state index is 0.438. The number of thiophene rings is 1. The predicted molar refractivity (Wildman–Crippen MR) is 140 cm³/mol. The van der Waals surface area contributed by atoms with Gasteiger partial charge in [0.25, 0.3) is 0 Å². The van der Waals surface area contributed by atoms with Gasteiger partial charge in [-0.3, -0.25) is 4.98 Å². The van der Waals surface area contributed by atoms with Crippen LogP contribution in [0.15, 0.2) is 97.3 Å². The first-order valence-electron chi connectivity index (χ1n) is 10.7. The zero-order valence-electron chi connectivity index (χ0n) is 18.0. The minimum absolute atomic E-state index is 0.438. The third-order valence-corrected chi connectivity index (χ3v) is 7.48. The van der Waals surface area contributed by atoms with Crippen LogP contribution in [-0.4, -0.2) is 9.55 Å². The SMILES string of the molecule is C=C(C#N)/C(=C(\C)n1c2ccccc2c2ccc3c4ccccc4sc3c21)c1ccncc1. The van der Waals surface area contributed by atoms with E-state index in [0.29, 0.717) is 5.57 Å². The number of nitrogens with zero attached hydrogens (tertiary/aromatic N) is 3. The fourth-order valence-corrected chi connectivity index (χ4v) is 6.11. The van der Waals surface area contributed by atoms with Crippen LogP contribution in [0.1, 0.15) is 12.5 Å². The molecule has 33 heavy (non-hydrogen) atoms. The topological polar surface area (TPSA) is 41.6 Å². The molecule has 0 spiro atoms. The van der Waals surface area contributed by atoms with Crippen molar-refractivity contribution in [3.8, 4) is 6.07 Å². The standard InChI is InChI=1S/C29H19N3S/c1-18(17-30)27(20-13-15-31-16-14-20)19(2)32-25-9-5-3-7-21(25)23-11-12-24-22-8-4-6-10-26(22)33-29(24)28(23)32/h3-16H,1H2,2H3/b27-19-. The summed E-state index contributed by atoms with van der Waals surface area (Å²) in [5.74, 6) is 0. The van der Waals surface area contributed by atoms with Crippen LogP contribution in [0.2, 0.25) is 0 Å². The van der Waals surface area contributed by atoms with Crippen molar-refractivity contribution in [3.05, 3.63) is 103 Å². The van der Waals surface area contributed by atoms with Crippen molar-refractivity contribution in [2.24, 2.45) is 0 Å². The largest absolute Gasteiger partial charge is 0.311 e. The Balaban J connectivity index is 1.84. The van der Waals surface area contributed by atoms with Gasteiger partial charge in [-0.05, 0) is 36.8 Å². The predicted octanol–water partition coefficient (Wildman–Crippen LogP) is 8.03. The summed E-state index contributed by atoms with van der Waals surface area (Å²) in [6, 6.07) is 27.6. The Morgan fingerprint density at radius 3 is 2.36 bits per heavy atom. The van der Waals surface area contributed by atoms with Gasteiger partial charge in [-0.2, -0.15) is 5.26 Å². The molecule has 3 heterocycles. The quantitative estimate of drug-likeness (QED) is 0.206. The first-order valence-corrected chi connectivity index (χ1v) is 11.5. The highest BCUT2D eigenvalue weighted by Crippen LogP contribution is 2.43. The third kappa shape index (κ3) is 2.83. The minimum Gasteiger partial charge on any atom is -0.311 e. The van der Waals surface area contributed by atoms with Gasteiger partial charge in [0.2, 0.25) is 0 Å². The molecule has 0 bridgehead atoms. The number of para-hydroxylation sites is 1. The summed E-state index contributed by atoms with van der Waals surface area (Å²) in [7, 11) is 0. The molecule has 6 rings (SSSR count). The molecule has 156 valence electrons. The lowest BCUT2D eigenvalue weighted by Gasteiger charge is -2.15. The molecule has 0 radical (unpaired) electrons. The van der Waals surface area contributed by atoms with Gasteiger partial charge in [0.05, 0.1) is 27.4 Å². The fourth-order valence-electron chi connectivity index (χ4n) is 4.87. The monoisotopic (exact) mass is 441 g/mol. The number of fused-ring (bicyclic) bond motifs is 7. The number of rotatable bonds is 3. The van der Waals surface area contributed by atoms with E-state index in [1.54, 1.807) is 12.4 Å². The van der Waals surface area contributed by atoms with E-state index in [1.807, 2.05) is 23.5 Å². The van der Waals surface area contributed by atoms with Gasteiger partial charge in [-0.15, -0.1) is 11.3 Å². The van der Waals surface area contributed by atoms with Crippen molar-refractivity contribution in [1.82, 2.24) is 9.55 Å². The average Bonchev–Trinajstić information content (AvgIpc) is 3.40. The Morgan fingerprint density at radius 1 is 0.879 bits per heavy atom. The van der Waals surface area contributed by atoms with Crippen LogP contribution >= 0.6 is 11.3 Å². The summed E-state index contributed by atoms with van der Waals surface area (Å²) < 4.78 is 4.83. The van der Waals surface area contributed by atoms with E-state index in [1.165, 1.54) is 36.5 Å². The number of pyridine rings is 1. The number of benzene rings is 3. The molecule has 0 N–H and O–H groups in total. The lowest BCUT2D eigenvalue weighted by Crippen LogP contribution is -2.00. The molecule has 0 aliphatic heterocycles. The third-order valence-electron chi connectivity index (χ3n) is 6.28. The van der Waals surface area contributed by atoms with E-state index in [4.69, 9.17) is 0 Å². The van der Waals surface area contributed by atoms with Crippen LogP contribution < -0.4 is 0 Å². The molecular weight excluding hydrogens is 422 g/mol. The Kier molecular flexibility index (Phi) is 4.39. The molecule has 0 saturated carbocycles. The summed E-state index contributed by atoms with van der Waals surface area (Å²) in [5, 5.41) is 14.7. The Morgan fingerprint density at radius 2 is 1.58 bits per heavy atom. The number of aromatic nitrogens is 2. The molecule has 0 unspecified atom stereocenters. The molecule has 0 aliphatic rings. The Labute approximate surface area is 195 Å². The van der Waals surface area contributed by atoms with E-state index >= 15 is 0 Å². The van der Waals surface area contributed by atoms with Gasteiger partial charge >= 0.3 is 0 Å². The van der Waals surface area contributed by atoms with Crippen molar-refractivity contribution in [1.29, 1.82) is 5.26 Å². The second kappa shape index (κ2) is 7.44. The molecule has 3 nitrogen and oxygen atoms in total. The first kappa shape index (κ1) is 19.5. The molecule has 6 aromatic rings. The highest BCUT2D eigenvalue weighted by molar-refractivity contribution is 7.26.